The fraction of sp³-hybridized carbons (Fsp3) is 0.346. The van der Waals surface area contributed by atoms with Gasteiger partial charge in [0.1, 0.15) is 30.2 Å². The number of esters is 1. The number of aliphatic hydroxyl groups is 1. The molecular formula is C26H29FN3O9P. The van der Waals surface area contributed by atoms with Crippen molar-refractivity contribution in [2.45, 2.75) is 50.8 Å². The van der Waals surface area contributed by atoms with E-state index in [1.807, 2.05) is 11.1 Å². The molecule has 0 spiro atoms. The molecule has 40 heavy (non-hydrogen) atoms. The highest BCUT2D eigenvalue weighted by Crippen LogP contribution is 2.47. The molecule has 1 aromatic heterocycles. The van der Waals surface area contributed by atoms with Gasteiger partial charge in [-0.05, 0) is 31.5 Å². The lowest BCUT2D eigenvalue weighted by molar-refractivity contribution is -0.151. The van der Waals surface area contributed by atoms with Crippen LogP contribution < -0.4 is 20.9 Å². The average molecular weight is 578 g/mol. The highest BCUT2D eigenvalue weighted by molar-refractivity contribution is 7.52. The van der Waals surface area contributed by atoms with Crippen molar-refractivity contribution in [2.75, 3.05) is 6.61 Å². The normalized spacial score (nSPS) is 20.6. The molecule has 1 aliphatic heterocycles. The van der Waals surface area contributed by atoms with Gasteiger partial charge in [0.15, 0.2) is 0 Å². The number of hydrogen-bond donors (Lipinski definition) is 3. The topological polar surface area (TPSA) is 158 Å². The van der Waals surface area contributed by atoms with Crippen LogP contribution in [0.4, 0.5) is 4.39 Å². The molecule has 2 unspecified atom stereocenters. The third kappa shape index (κ3) is 7.32. The fourth-order valence-electron chi connectivity index (χ4n) is 3.88. The van der Waals surface area contributed by atoms with Crippen molar-refractivity contribution in [1.29, 1.82) is 0 Å². The van der Waals surface area contributed by atoms with Crippen LogP contribution in [0.15, 0.2) is 76.4 Å². The predicted octanol–water partition coefficient (Wildman–Crippen LogP) is 2.64. The van der Waals surface area contributed by atoms with E-state index in [4.69, 9.17) is 18.5 Å². The molecule has 12 nitrogen and oxygen atoms in total. The Morgan fingerprint density at radius 2 is 1.82 bits per heavy atom. The SMILES string of the molecule is CC(C)(NP(=O)(OC[C@H]1O[C@@H](n2cc(F)c(=O)[nH]c2=O)CC1O)Oc1ccccc1)C(=O)OCc1ccccc1. The molecule has 3 aromatic rings. The molecule has 0 bridgehead atoms. The molecule has 1 saturated heterocycles. The molecule has 0 aliphatic carbocycles. The zero-order chi connectivity index (χ0) is 28.9. The maximum Gasteiger partial charge on any atom is 0.459 e. The zero-order valence-corrected chi connectivity index (χ0v) is 22.6. The maximum absolute atomic E-state index is 13.9. The molecule has 0 radical (unpaired) electrons. The van der Waals surface area contributed by atoms with Crippen LogP contribution in [0.2, 0.25) is 0 Å². The Morgan fingerprint density at radius 1 is 1.18 bits per heavy atom. The average Bonchev–Trinajstić information content (AvgIpc) is 3.29. The molecule has 0 amide bonds. The van der Waals surface area contributed by atoms with Gasteiger partial charge in [0.25, 0.3) is 5.56 Å². The zero-order valence-electron chi connectivity index (χ0n) is 21.7. The summed E-state index contributed by atoms with van der Waals surface area (Å²) in [7, 11) is -4.32. The third-order valence-corrected chi connectivity index (χ3v) is 7.73. The minimum atomic E-state index is -4.32. The Kier molecular flexibility index (Phi) is 9.02. The van der Waals surface area contributed by atoms with Gasteiger partial charge in [0.05, 0.1) is 18.9 Å². The summed E-state index contributed by atoms with van der Waals surface area (Å²) >= 11 is 0. The van der Waals surface area contributed by atoms with Gasteiger partial charge in [-0.15, -0.1) is 0 Å². The number of benzene rings is 2. The van der Waals surface area contributed by atoms with Gasteiger partial charge in [-0.2, -0.15) is 9.48 Å². The monoisotopic (exact) mass is 577 g/mol. The van der Waals surface area contributed by atoms with E-state index in [0.717, 1.165) is 10.1 Å². The number of rotatable bonds is 11. The van der Waals surface area contributed by atoms with Crippen molar-refractivity contribution in [1.82, 2.24) is 14.6 Å². The highest BCUT2D eigenvalue weighted by atomic mass is 31.2. The van der Waals surface area contributed by atoms with Gasteiger partial charge in [0.2, 0.25) is 5.82 Å². The van der Waals surface area contributed by atoms with Gasteiger partial charge in [0, 0.05) is 6.42 Å². The number of hydrogen-bond acceptors (Lipinski definition) is 9. The number of carbonyl (C=O) groups excluding carboxylic acids is 1. The summed E-state index contributed by atoms with van der Waals surface area (Å²) < 4.78 is 50.7. The van der Waals surface area contributed by atoms with Crippen molar-refractivity contribution in [3.8, 4) is 5.75 Å². The van der Waals surface area contributed by atoms with Gasteiger partial charge >= 0.3 is 19.4 Å². The number of carbonyl (C=O) groups is 1. The molecule has 0 saturated carbocycles. The first-order valence-electron chi connectivity index (χ1n) is 12.3. The van der Waals surface area contributed by atoms with Crippen molar-refractivity contribution in [3.05, 3.63) is 99.1 Å². The van der Waals surface area contributed by atoms with Crippen LogP contribution in [0, 0.1) is 5.82 Å². The number of para-hydroxylation sites is 1. The Hall–Kier alpha value is -3.61. The highest BCUT2D eigenvalue weighted by Gasteiger charge is 2.43. The predicted molar refractivity (Wildman–Crippen MR) is 140 cm³/mol. The molecule has 214 valence electrons. The van der Waals surface area contributed by atoms with Gasteiger partial charge in [-0.3, -0.25) is 23.7 Å². The van der Waals surface area contributed by atoms with Crippen LogP contribution >= 0.6 is 7.75 Å². The smallest absolute Gasteiger partial charge is 0.459 e. The van der Waals surface area contributed by atoms with E-state index >= 15 is 0 Å². The maximum atomic E-state index is 13.9. The Morgan fingerprint density at radius 3 is 2.50 bits per heavy atom. The van der Waals surface area contributed by atoms with Gasteiger partial charge < -0.3 is 19.1 Å². The minimum Gasteiger partial charge on any atom is -0.459 e. The van der Waals surface area contributed by atoms with E-state index in [-0.39, 0.29) is 18.8 Å². The number of halogens is 1. The van der Waals surface area contributed by atoms with Crippen LogP contribution in [0.1, 0.15) is 32.1 Å². The largest absolute Gasteiger partial charge is 0.459 e. The van der Waals surface area contributed by atoms with E-state index in [9.17, 15) is 28.4 Å². The molecule has 2 heterocycles. The summed E-state index contributed by atoms with van der Waals surface area (Å²) in [6.45, 7) is 2.38. The first kappa shape index (κ1) is 29.4. The van der Waals surface area contributed by atoms with Crippen LogP contribution in [0.3, 0.4) is 0 Å². The number of aromatic nitrogens is 2. The van der Waals surface area contributed by atoms with E-state index in [0.29, 0.717) is 6.20 Å². The molecule has 14 heteroatoms. The second kappa shape index (κ2) is 12.3. The summed E-state index contributed by atoms with van der Waals surface area (Å²) in [5.74, 6) is -1.76. The summed E-state index contributed by atoms with van der Waals surface area (Å²) in [6, 6.07) is 17.1. The Labute approximate surface area is 228 Å². The van der Waals surface area contributed by atoms with E-state index in [1.165, 1.54) is 26.0 Å². The van der Waals surface area contributed by atoms with E-state index < -0.39 is 61.4 Å². The standard InChI is InChI=1S/C26H29FN3O9P/c1-26(2,24(33)36-15-17-9-5-3-6-10-17)29-40(35,39-18-11-7-4-8-12-18)37-16-21-20(31)13-22(38-21)30-14-19(27)23(32)28-25(30)34/h3-12,14,20-22,31H,13,15-16H2,1-2H3,(H,29,35)(H,28,32,34)/t20?,21-,22-,40?/m1/s1. The number of aromatic amines is 1. The van der Waals surface area contributed by atoms with Crippen molar-refractivity contribution >= 4 is 13.7 Å². The molecule has 1 aliphatic rings. The van der Waals surface area contributed by atoms with Crippen LogP contribution in [-0.2, 0) is 30.0 Å². The lowest BCUT2D eigenvalue weighted by Crippen LogP contribution is -2.47. The second-order valence-electron chi connectivity index (χ2n) is 9.57. The van der Waals surface area contributed by atoms with Gasteiger partial charge in [-0.25, -0.2) is 9.36 Å². The number of nitrogens with zero attached hydrogens (tertiary/aromatic N) is 1. The quantitative estimate of drug-likeness (QED) is 0.229. The van der Waals surface area contributed by atoms with Gasteiger partial charge in [-0.1, -0.05) is 48.5 Å². The summed E-state index contributed by atoms with van der Waals surface area (Å²) in [5.41, 5.74) is -2.90. The lowest BCUT2D eigenvalue weighted by atomic mass is 10.1. The number of H-pyrrole nitrogens is 1. The third-order valence-electron chi connectivity index (χ3n) is 5.96. The molecular weight excluding hydrogens is 548 g/mol. The molecule has 4 rings (SSSR count). The Bertz CT molecular complexity index is 1480. The lowest BCUT2D eigenvalue weighted by Gasteiger charge is -2.30. The summed E-state index contributed by atoms with van der Waals surface area (Å²) in [5, 5.41) is 13.1. The molecule has 2 aromatic carbocycles. The Balaban J connectivity index is 1.47. The molecule has 1 fully saturated rings. The van der Waals surface area contributed by atoms with E-state index in [1.54, 1.807) is 42.5 Å². The number of nitrogens with one attached hydrogen (secondary N) is 2. The first-order chi connectivity index (χ1) is 19.0. The van der Waals surface area contributed by atoms with Crippen molar-refractivity contribution < 1.29 is 37.4 Å². The summed E-state index contributed by atoms with van der Waals surface area (Å²) in [4.78, 5) is 38.2. The van der Waals surface area contributed by atoms with Crippen molar-refractivity contribution in [2.24, 2.45) is 0 Å². The molecule has 4 atom stereocenters. The number of aliphatic hydroxyl groups excluding tert-OH is 1. The second-order valence-corrected chi connectivity index (χ2v) is 11.2. The van der Waals surface area contributed by atoms with Crippen LogP contribution in [0.5, 0.6) is 5.75 Å². The molecule has 3 N–H and O–H groups in total. The first-order valence-corrected chi connectivity index (χ1v) is 13.8. The van der Waals surface area contributed by atoms with E-state index in [2.05, 4.69) is 5.09 Å². The number of ether oxygens (including phenoxy) is 2. The summed E-state index contributed by atoms with van der Waals surface area (Å²) in [6.07, 6.45) is -2.92. The minimum absolute atomic E-state index is 0.0102. The van der Waals surface area contributed by atoms with Crippen LogP contribution in [-0.4, -0.2) is 45.0 Å². The fourth-order valence-corrected chi connectivity index (χ4v) is 5.56. The van der Waals surface area contributed by atoms with Crippen molar-refractivity contribution in [3.63, 3.8) is 0 Å². The van der Waals surface area contributed by atoms with Crippen LogP contribution in [0.25, 0.3) is 0 Å².